The highest BCUT2D eigenvalue weighted by Gasteiger charge is 2.19. The van der Waals surface area contributed by atoms with Crippen LogP contribution in [0.2, 0.25) is 0 Å². The van der Waals surface area contributed by atoms with Crippen molar-refractivity contribution in [1.82, 2.24) is 0 Å². The van der Waals surface area contributed by atoms with Crippen molar-refractivity contribution < 1.29 is 28.6 Å². The second-order valence-corrected chi connectivity index (χ2v) is 17.0. The minimum absolute atomic E-state index is 0.115. The van der Waals surface area contributed by atoms with E-state index in [-0.39, 0.29) is 37.5 Å². The van der Waals surface area contributed by atoms with Gasteiger partial charge in [0.15, 0.2) is 6.10 Å². The van der Waals surface area contributed by atoms with E-state index in [1.807, 2.05) is 0 Å². The standard InChI is InChI=1S/C61H96O6/c1-4-7-10-13-16-19-22-25-27-29-30-32-33-36-39-42-45-48-51-54-60(63)66-57-58(56-65-59(62)53-50-47-44-41-38-35-24-21-18-15-12-9-6-3)67-61(64)55-52-49-46-43-40-37-34-31-28-26-23-20-17-14-11-8-5-2/h7-12,15-21,24-28,34,37,43,46,58H,4-6,13-14,22-23,29-33,35-36,38-42,44-45,47-57H2,1-3H3/b10-7-,11-8-,12-9-,18-15-,19-16-,20-17-,24-21-,27-25-,28-26-,37-34-,46-43-. The van der Waals surface area contributed by atoms with Crippen LogP contribution < -0.4 is 0 Å². The van der Waals surface area contributed by atoms with E-state index in [0.29, 0.717) is 19.3 Å². The molecule has 0 aromatic rings. The molecule has 1 unspecified atom stereocenters. The van der Waals surface area contributed by atoms with Gasteiger partial charge in [0.2, 0.25) is 0 Å². The van der Waals surface area contributed by atoms with E-state index in [4.69, 9.17) is 14.2 Å². The molecule has 0 aromatic carbocycles. The third kappa shape index (κ3) is 52.4. The maximum absolute atomic E-state index is 12.8. The smallest absolute Gasteiger partial charge is 0.306 e. The van der Waals surface area contributed by atoms with Crippen LogP contribution in [0.5, 0.6) is 0 Å². The van der Waals surface area contributed by atoms with Crippen LogP contribution in [0.25, 0.3) is 0 Å². The van der Waals surface area contributed by atoms with Crippen LogP contribution in [-0.4, -0.2) is 37.2 Å². The van der Waals surface area contributed by atoms with Gasteiger partial charge in [0.25, 0.3) is 0 Å². The molecule has 0 aliphatic rings. The van der Waals surface area contributed by atoms with Crippen LogP contribution in [0.3, 0.4) is 0 Å². The summed E-state index contributed by atoms with van der Waals surface area (Å²) in [4.78, 5) is 38.0. The average molecular weight is 925 g/mol. The Morgan fingerprint density at radius 2 is 0.627 bits per heavy atom. The molecule has 0 heterocycles. The molecule has 0 fully saturated rings. The number of hydrogen-bond acceptors (Lipinski definition) is 6. The third-order valence-corrected chi connectivity index (χ3v) is 10.7. The van der Waals surface area contributed by atoms with Crippen LogP contribution in [0, 0.1) is 0 Å². The van der Waals surface area contributed by atoms with Crippen molar-refractivity contribution >= 4 is 17.9 Å². The molecule has 0 saturated heterocycles. The highest BCUT2D eigenvalue weighted by atomic mass is 16.6. The van der Waals surface area contributed by atoms with Crippen molar-refractivity contribution in [3.63, 3.8) is 0 Å². The Bertz CT molecular complexity index is 1480. The van der Waals surface area contributed by atoms with Gasteiger partial charge in [-0.15, -0.1) is 0 Å². The molecule has 0 spiro atoms. The highest BCUT2D eigenvalue weighted by Crippen LogP contribution is 2.13. The Morgan fingerprint density at radius 3 is 1.04 bits per heavy atom. The molecule has 6 heteroatoms. The Balaban J connectivity index is 4.51. The zero-order chi connectivity index (χ0) is 48.6. The van der Waals surface area contributed by atoms with E-state index in [1.165, 1.54) is 38.5 Å². The summed E-state index contributed by atoms with van der Waals surface area (Å²) in [7, 11) is 0. The predicted molar refractivity (Wildman–Crippen MR) is 288 cm³/mol. The molecule has 0 amide bonds. The summed E-state index contributed by atoms with van der Waals surface area (Å²) in [6, 6.07) is 0. The van der Waals surface area contributed by atoms with Crippen molar-refractivity contribution in [2.45, 2.75) is 219 Å². The summed E-state index contributed by atoms with van der Waals surface area (Å²) in [6.07, 6.45) is 75.9. The number of rotatable bonds is 46. The number of esters is 3. The lowest BCUT2D eigenvalue weighted by molar-refractivity contribution is -0.167. The predicted octanol–water partition coefficient (Wildman–Crippen LogP) is 17.9. The third-order valence-electron chi connectivity index (χ3n) is 10.7. The first-order chi connectivity index (χ1) is 33.0. The fraction of sp³-hybridized carbons (Fsp3) is 0.590. The zero-order valence-electron chi connectivity index (χ0n) is 42.9. The monoisotopic (exact) mass is 925 g/mol. The molecular formula is C61H96O6. The lowest BCUT2D eigenvalue weighted by Crippen LogP contribution is -2.30. The summed E-state index contributed by atoms with van der Waals surface area (Å²) in [5, 5.41) is 0. The van der Waals surface area contributed by atoms with Crippen molar-refractivity contribution in [2.24, 2.45) is 0 Å². The summed E-state index contributed by atoms with van der Waals surface area (Å²) < 4.78 is 16.7. The molecule has 6 nitrogen and oxygen atoms in total. The molecule has 376 valence electrons. The average Bonchev–Trinajstić information content (AvgIpc) is 3.33. The maximum Gasteiger partial charge on any atom is 0.306 e. The van der Waals surface area contributed by atoms with Crippen LogP contribution in [0.4, 0.5) is 0 Å². The van der Waals surface area contributed by atoms with Gasteiger partial charge in [-0.05, 0) is 109 Å². The number of carbonyl (C=O) groups is 3. The zero-order valence-corrected chi connectivity index (χ0v) is 42.9. The molecule has 0 rings (SSSR count). The van der Waals surface area contributed by atoms with Gasteiger partial charge in [-0.2, -0.15) is 0 Å². The minimum atomic E-state index is -0.823. The van der Waals surface area contributed by atoms with Gasteiger partial charge in [0.05, 0.1) is 0 Å². The largest absolute Gasteiger partial charge is 0.462 e. The first-order valence-electron chi connectivity index (χ1n) is 26.7. The molecule has 1 atom stereocenters. The van der Waals surface area contributed by atoms with Gasteiger partial charge in [-0.25, -0.2) is 0 Å². The van der Waals surface area contributed by atoms with Crippen LogP contribution >= 0.6 is 0 Å². The molecule has 0 saturated carbocycles. The van der Waals surface area contributed by atoms with E-state index in [1.54, 1.807) is 0 Å². The van der Waals surface area contributed by atoms with E-state index >= 15 is 0 Å². The number of unbranched alkanes of at least 4 members (excludes halogenated alkanes) is 15. The summed E-state index contributed by atoms with van der Waals surface area (Å²) in [6.45, 7) is 6.20. The highest BCUT2D eigenvalue weighted by molar-refractivity contribution is 5.71. The van der Waals surface area contributed by atoms with Crippen molar-refractivity contribution in [1.29, 1.82) is 0 Å². The van der Waals surface area contributed by atoms with E-state index in [2.05, 4.69) is 154 Å². The normalized spacial score (nSPS) is 13.2. The quantitative estimate of drug-likeness (QED) is 0.0199. The number of allylic oxidation sites excluding steroid dienone is 22. The topological polar surface area (TPSA) is 78.9 Å². The Labute approximate surface area is 411 Å². The second-order valence-electron chi connectivity index (χ2n) is 17.0. The SMILES string of the molecule is CC\C=C/C=C\C=C/CCCCCCCC(=O)OCC(COC(=O)CCCCCCCCCCC/C=C\C/C=C\C/C=C\CC)OC(=O)CCC/C=C\C/C=C\C/C=C\C/C=C\C/C=C\CC. The Morgan fingerprint density at radius 1 is 0.313 bits per heavy atom. The fourth-order valence-corrected chi connectivity index (χ4v) is 6.79. The van der Waals surface area contributed by atoms with Gasteiger partial charge < -0.3 is 14.2 Å². The molecule has 0 radical (unpaired) electrons. The molecular weight excluding hydrogens is 829 g/mol. The van der Waals surface area contributed by atoms with Crippen LogP contribution in [-0.2, 0) is 28.6 Å². The van der Waals surface area contributed by atoms with Crippen molar-refractivity contribution in [3.8, 4) is 0 Å². The first kappa shape index (κ1) is 62.5. The van der Waals surface area contributed by atoms with Gasteiger partial charge in [0, 0.05) is 19.3 Å². The van der Waals surface area contributed by atoms with E-state index in [9.17, 15) is 14.4 Å². The van der Waals surface area contributed by atoms with Gasteiger partial charge in [-0.3, -0.25) is 14.4 Å². The Hall–Kier alpha value is -4.45. The summed E-state index contributed by atoms with van der Waals surface area (Å²) >= 11 is 0. The van der Waals surface area contributed by atoms with Crippen LogP contribution in [0.15, 0.2) is 134 Å². The maximum atomic E-state index is 12.8. The van der Waals surface area contributed by atoms with Gasteiger partial charge >= 0.3 is 17.9 Å². The fourth-order valence-electron chi connectivity index (χ4n) is 6.79. The molecule has 0 aromatic heterocycles. The van der Waals surface area contributed by atoms with Crippen molar-refractivity contribution in [2.75, 3.05) is 13.2 Å². The van der Waals surface area contributed by atoms with E-state index in [0.717, 1.165) is 128 Å². The molecule has 0 aliphatic heterocycles. The summed E-state index contributed by atoms with van der Waals surface area (Å²) in [5.74, 6) is -1.01. The molecule has 0 N–H and O–H groups in total. The second kappa shape index (κ2) is 54.2. The van der Waals surface area contributed by atoms with Gasteiger partial charge in [-0.1, -0.05) is 219 Å². The molecule has 0 bridgehead atoms. The lowest BCUT2D eigenvalue weighted by Gasteiger charge is -2.18. The van der Waals surface area contributed by atoms with E-state index < -0.39 is 6.10 Å². The van der Waals surface area contributed by atoms with Crippen molar-refractivity contribution in [3.05, 3.63) is 134 Å². The minimum Gasteiger partial charge on any atom is -0.462 e. The summed E-state index contributed by atoms with van der Waals surface area (Å²) in [5.41, 5.74) is 0. The van der Waals surface area contributed by atoms with Gasteiger partial charge in [0.1, 0.15) is 13.2 Å². The van der Waals surface area contributed by atoms with Crippen LogP contribution in [0.1, 0.15) is 213 Å². The Kier molecular flexibility index (Phi) is 50.6. The molecule has 0 aliphatic carbocycles. The first-order valence-corrected chi connectivity index (χ1v) is 26.7. The molecule has 67 heavy (non-hydrogen) atoms. The number of hydrogen-bond donors (Lipinski definition) is 0. The lowest BCUT2D eigenvalue weighted by atomic mass is 10.1. The number of carbonyl (C=O) groups excluding carboxylic acids is 3. The number of ether oxygens (including phenoxy) is 3.